The number of anilines is 1. The maximum Gasteiger partial charge on any atom is 0.211 e. The van der Waals surface area contributed by atoms with Gasteiger partial charge in [0.25, 0.3) is 0 Å². The third-order valence-electron chi connectivity index (χ3n) is 2.91. The SMILES string of the molecule is O=C1C(Nc2cccc(F)c2)=CC(=O)c2ncccc21. The summed E-state index contributed by atoms with van der Waals surface area (Å²) in [6.07, 6.45) is 2.64. The molecule has 0 fully saturated rings. The Bertz CT molecular complexity index is 753. The summed E-state index contributed by atoms with van der Waals surface area (Å²) in [6, 6.07) is 8.81. The number of ketones is 2. The molecule has 2 aromatic rings. The predicted octanol–water partition coefficient (Wildman–Crippen LogP) is 2.60. The number of hydrogen-bond acceptors (Lipinski definition) is 4. The molecule has 1 heterocycles. The van der Waals surface area contributed by atoms with E-state index < -0.39 is 5.82 Å². The molecule has 0 unspecified atom stereocenters. The Morgan fingerprint density at radius 2 is 1.95 bits per heavy atom. The number of nitrogens with one attached hydrogen (secondary N) is 1. The molecule has 4 nitrogen and oxygen atoms in total. The zero-order valence-electron chi connectivity index (χ0n) is 10.3. The summed E-state index contributed by atoms with van der Waals surface area (Å²) in [4.78, 5) is 28.0. The van der Waals surface area contributed by atoms with Crippen LogP contribution in [-0.2, 0) is 0 Å². The predicted molar refractivity (Wildman–Crippen MR) is 71.0 cm³/mol. The number of fused-ring (bicyclic) bond motifs is 1. The summed E-state index contributed by atoms with van der Waals surface area (Å²) in [5.74, 6) is -1.11. The van der Waals surface area contributed by atoms with Crippen molar-refractivity contribution >= 4 is 17.3 Å². The van der Waals surface area contributed by atoms with Crippen molar-refractivity contribution in [1.82, 2.24) is 4.98 Å². The highest BCUT2D eigenvalue weighted by Gasteiger charge is 2.26. The summed E-state index contributed by atoms with van der Waals surface area (Å²) in [5.41, 5.74) is 0.909. The Balaban J connectivity index is 1.96. The van der Waals surface area contributed by atoms with Gasteiger partial charge in [0.2, 0.25) is 11.6 Å². The van der Waals surface area contributed by atoms with Gasteiger partial charge < -0.3 is 5.32 Å². The van der Waals surface area contributed by atoms with Crippen LogP contribution >= 0.6 is 0 Å². The molecule has 1 aromatic carbocycles. The van der Waals surface area contributed by atoms with Crippen LogP contribution in [0.1, 0.15) is 20.8 Å². The fraction of sp³-hybridized carbons (Fsp3) is 0. The number of Topliss-reactive ketones (excluding diaryl/α,β-unsaturated/α-hetero) is 1. The van der Waals surface area contributed by atoms with E-state index in [0.29, 0.717) is 5.69 Å². The van der Waals surface area contributed by atoms with Crippen molar-refractivity contribution in [2.75, 3.05) is 5.32 Å². The number of halogens is 1. The summed E-state index contributed by atoms with van der Waals surface area (Å²) >= 11 is 0. The van der Waals surface area contributed by atoms with Gasteiger partial charge >= 0.3 is 0 Å². The maximum atomic E-state index is 13.1. The van der Waals surface area contributed by atoms with Gasteiger partial charge in [0.05, 0.1) is 11.3 Å². The van der Waals surface area contributed by atoms with Crippen molar-refractivity contribution in [3.05, 3.63) is 71.4 Å². The van der Waals surface area contributed by atoms with Crippen LogP contribution in [0, 0.1) is 5.82 Å². The molecule has 3 rings (SSSR count). The number of allylic oxidation sites excluding steroid dienone is 2. The fourth-order valence-corrected chi connectivity index (χ4v) is 2.01. The first-order chi connectivity index (χ1) is 9.65. The summed E-state index contributed by atoms with van der Waals surface area (Å²) in [7, 11) is 0. The van der Waals surface area contributed by atoms with Gasteiger partial charge in [-0.15, -0.1) is 0 Å². The monoisotopic (exact) mass is 268 g/mol. The van der Waals surface area contributed by atoms with Crippen molar-refractivity contribution in [3.63, 3.8) is 0 Å². The lowest BCUT2D eigenvalue weighted by Gasteiger charge is -2.15. The van der Waals surface area contributed by atoms with Crippen molar-refractivity contribution in [3.8, 4) is 0 Å². The normalized spacial score (nSPS) is 13.8. The molecule has 1 aromatic heterocycles. The Kier molecular flexibility index (Phi) is 2.87. The minimum Gasteiger partial charge on any atom is -0.352 e. The van der Waals surface area contributed by atoms with Crippen LogP contribution < -0.4 is 5.32 Å². The first kappa shape index (κ1) is 12.2. The van der Waals surface area contributed by atoms with Crippen LogP contribution in [0.5, 0.6) is 0 Å². The van der Waals surface area contributed by atoms with Gasteiger partial charge in [-0.05, 0) is 30.3 Å². The molecule has 0 aliphatic heterocycles. The van der Waals surface area contributed by atoms with Crippen LogP contribution in [-0.4, -0.2) is 16.6 Å². The third-order valence-corrected chi connectivity index (χ3v) is 2.91. The third kappa shape index (κ3) is 2.09. The molecule has 1 aliphatic carbocycles. The lowest BCUT2D eigenvalue weighted by molar-refractivity contribution is 0.0982. The van der Waals surface area contributed by atoms with E-state index in [0.717, 1.165) is 0 Å². The second-order valence-electron chi connectivity index (χ2n) is 4.29. The van der Waals surface area contributed by atoms with Crippen LogP contribution in [0.25, 0.3) is 0 Å². The Labute approximate surface area is 114 Å². The van der Waals surface area contributed by atoms with Gasteiger partial charge in [0.15, 0.2) is 0 Å². The molecule has 20 heavy (non-hydrogen) atoms. The number of rotatable bonds is 2. The van der Waals surface area contributed by atoms with Gasteiger partial charge in [-0.1, -0.05) is 6.07 Å². The second-order valence-corrected chi connectivity index (χ2v) is 4.29. The maximum absolute atomic E-state index is 13.1. The first-order valence-electron chi connectivity index (χ1n) is 5.93. The molecule has 98 valence electrons. The Hall–Kier alpha value is -2.82. The van der Waals surface area contributed by atoms with Crippen molar-refractivity contribution in [1.29, 1.82) is 0 Å². The average molecular weight is 268 g/mol. The average Bonchev–Trinajstić information content (AvgIpc) is 2.45. The highest BCUT2D eigenvalue weighted by Crippen LogP contribution is 2.21. The van der Waals surface area contributed by atoms with Crippen LogP contribution in [0.3, 0.4) is 0 Å². The number of carbonyl (C=O) groups is 2. The second kappa shape index (κ2) is 4.70. The van der Waals surface area contributed by atoms with Crippen LogP contribution in [0.2, 0.25) is 0 Å². The van der Waals surface area contributed by atoms with Crippen LogP contribution in [0.15, 0.2) is 54.4 Å². The largest absolute Gasteiger partial charge is 0.352 e. The van der Waals surface area contributed by atoms with Crippen molar-refractivity contribution in [2.45, 2.75) is 0 Å². The quantitative estimate of drug-likeness (QED) is 0.909. The van der Waals surface area contributed by atoms with E-state index in [4.69, 9.17) is 0 Å². The minimum absolute atomic E-state index is 0.112. The molecule has 0 spiro atoms. The number of benzene rings is 1. The zero-order valence-corrected chi connectivity index (χ0v) is 10.3. The standard InChI is InChI=1S/C15H9FN2O2/c16-9-3-1-4-10(7-9)18-12-8-13(19)14-11(15(12)20)5-2-6-17-14/h1-8,18H. The fourth-order valence-electron chi connectivity index (χ4n) is 2.01. The summed E-state index contributed by atoms with van der Waals surface area (Å²) in [6.45, 7) is 0. The molecular weight excluding hydrogens is 259 g/mol. The number of aromatic nitrogens is 1. The molecule has 0 saturated carbocycles. The van der Waals surface area contributed by atoms with Gasteiger partial charge in [0.1, 0.15) is 11.5 Å². The molecule has 5 heteroatoms. The highest BCUT2D eigenvalue weighted by atomic mass is 19.1. The van der Waals surface area contributed by atoms with E-state index in [1.54, 1.807) is 18.2 Å². The smallest absolute Gasteiger partial charge is 0.211 e. The summed E-state index contributed by atoms with van der Waals surface area (Å²) < 4.78 is 13.1. The Morgan fingerprint density at radius 1 is 1.10 bits per heavy atom. The number of carbonyl (C=O) groups excluding carboxylic acids is 2. The first-order valence-corrected chi connectivity index (χ1v) is 5.93. The van der Waals surface area contributed by atoms with Gasteiger partial charge in [-0.2, -0.15) is 0 Å². The highest BCUT2D eigenvalue weighted by molar-refractivity contribution is 6.24. The summed E-state index contributed by atoms with van der Waals surface area (Å²) in [5, 5.41) is 2.77. The van der Waals surface area contributed by atoms with Crippen molar-refractivity contribution in [2.24, 2.45) is 0 Å². The van der Waals surface area contributed by atoms with E-state index in [1.165, 1.54) is 30.5 Å². The number of hydrogen-bond donors (Lipinski definition) is 1. The van der Waals surface area contributed by atoms with E-state index in [9.17, 15) is 14.0 Å². The molecule has 1 N–H and O–H groups in total. The van der Waals surface area contributed by atoms with E-state index in [2.05, 4.69) is 10.3 Å². The molecule has 0 amide bonds. The number of pyridine rings is 1. The molecule has 1 aliphatic rings. The Morgan fingerprint density at radius 3 is 2.75 bits per heavy atom. The molecular formula is C15H9FN2O2. The molecule has 0 bridgehead atoms. The van der Waals surface area contributed by atoms with E-state index >= 15 is 0 Å². The topological polar surface area (TPSA) is 59.1 Å². The molecule has 0 radical (unpaired) electrons. The zero-order chi connectivity index (χ0) is 14.1. The minimum atomic E-state index is -0.424. The van der Waals surface area contributed by atoms with Crippen molar-refractivity contribution < 1.29 is 14.0 Å². The van der Waals surface area contributed by atoms with Gasteiger partial charge in [-0.25, -0.2) is 4.39 Å². The molecule has 0 saturated heterocycles. The lowest BCUT2D eigenvalue weighted by atomic mass is 9.97. The molecule has 0 atom stereocenters. The number of nitrogens with zero attached hydrogens (tertiary/aromatic N) is 1. The van der Waals surface area contributed by atoms with Crippen LogP contribution in [0.4, 0.5) is 10.1 Å². The van der Waals surface area contributed by atoms with E-state index in [1.807, 2.05) is 0 Å². The van der Waals surface area contributed by atoms with Gasteiger partial charge in [-0.3, -0.25) is 14.6 Å². The van der Waals surface area contributed by atoms with Gasteiger partial charge in [0, 0.05) is 18.0 Å². The van der Waals surface area contributed by atoms with E-state index in [-0.39, 0.29) is 28.5 Å². The lowest BCUT2D eigenvalue weighted by Crippen LogP contribution is -2.22.